The van der Waals surface area contributed by atoms with Crippen LogP contribution >= 0.6 is 0 Å². The molecule has 2 aliphatic rings. The third kappa shape index (κ3) is 5.75. The van der Waals surface area contributed by atoms with Crippen molar-refractivity contribution >= 4 is 32.8 Å². The molecule has 11 rings (SSSR count). The summed E-state index contributed by atoms with van der Waals surface area (Å²) < 4.78 is 11.5. The van der Waals surface area contributed by atoms with Crippen LogP contribution in [0.1, 0.15) is 128 Å². The van der Waals surface area contributed by atoms with E-state index in [0.29, 0.717) is 0 Å². The summed E-state index contributed by atoms with van der Waals surface area (Å²) in [6.45, 7) is 28.5. The van der Waals surface area contributed by atoms with Crippen molar-refractivity contribution in [2.24, 2.45) is 0 Å². The van der Waals surface area contributed by atoms with Crippen LogP contribution in [0.3, 0.4) is 0 Å². The van der Waals surface area contributed by atoms with Crippen LogP contribution in [0, 0.1) is 0 Å². The van der Waals surface area contributed by atoms with Crippen molar-refractivity contribution in [2.75, 3.05) is 0 Å². The first-order valence-corrected chi connectivity index (χ1v) is 22.9. The molecule has 64 heavy (non-hydrogen) atoms. The Balaban J connectivity index is 1.21. The van der Waals surface area contributed by atoms with Gasteiger partial charge in [0.25, 0.3) is 0 Å². The summed E-state index contributed by atoms with van der Waals surface area (Å²) in [5.74, 6) is 2.41. The van der Waals surface area contributed by atoms with Crippen molar-refractivity contribution in [1.29, 1.82) is 0 Å². The fourth-order valence-electron chi connectivity index (χ4n) is 10.9. The molecular formula is C59H58N4O. The van der Waals surface area contributed by atoms with Crippen LogP contribution in [0.15, 0.2) is 134 Å². The predicted molar refractivity (Wildman–Crippen MR) is 265 cm³/mol. The van der Waals surface area contributed by atoms with Crippen LogP contribution in [0.4, 0.5) is 0 Å². The van der Waals surface area contributed by atoms with E-state index in [2.05, 4.69) is 201 Å². The second kappa shape index (κ2) is 13.3. The smallest absolute Gasteiger partial charge is 0.137 e. The van der Waals surface area contributed by atoms with Crippen molar-refractivity contribution in [3.8, 4) is 34.1 Å². The Morgan fingerprint density at radius 1 is 0.500 bits per heavy atom. The maximum absolute atomic E-state index is 6.98. The fourth-order valence-corrected chi connectivity index (χ4v) is 10.9. The Morgan fingerprint density at radius 3 is 1.73 bits per heavy atom. The zero-order valence-electron chi connectivity index (χ0n) is 39.4. The van der Waals surface area contributed by atoms with Gasteiger partial charge in [-0.1, -0.05) is 150 Å². The maximum atomic E-state index is 6.98. The van der Waals surface area contributed by atoms with Gasteiger partial charge < -0.3 is 4.74 Å². The molecule has 3 aromatic heterocycles. The van der Waals surface area contributed by atoms with Gasteiger partial charge in [0.15, 0.2) is 0 Å². The van der Waals surface area contributed by atoms with Crippen LogP contribution in [0.5, 0.6) is 11.5 Å². The number of benzene rings is 6. The third-order valence-electron chi connectivity index (χ3n) is 14.0. The van der Waals surface area contributed by atoms with E-state index in [1.165, 1.54) is 61.0 Å². The van der Waals surface area contributed by atoms with Gasteiger partial charge >= 0.3 is 0 Å². The lowest BCUT2D eigenvalue weighted by Gasteiger charge is -2.44. The molecule has 1 spiro atoms. The Hall–Kier alpha value is -6.46. The molecule has 0 radical (unpaired) electrons. The lowest BCUT2D eigenvalue weighted by molar-refractivity contribution is 0.482. The van der Waals surface area contributed by atoms with Crippen molar-refractivity contribution in [1.82, 2.24) is 19.1 Å². The number of fused-ring (bicyclic) bond motifs is 12. The Bertz CT molecular complexity index is 3310. The van der Waals surface area contributed by atoms with Gasteiger partial charge in [0.1, 0.15) is 23.6 Å². The number of hydrogen-bond acceptors (Lipinski definition) is 3. The van der Waals surface area contributed by atoms with E-state index >= 15 is 0 Å². The number of aromatic nitrogens is 4. The fraction of sp³-hybridized carbons (Fsp3) is 0.288. The van der Waals surface area contributed by atoms with Crippen molar-refractivity contribution < 1.29 is 4.74 Å². The van der Waals surface area contributed by atoms with Gasteiger partial charge in [0.2, 0.25) is 0 Å². The minimum Gasteiger partial charge on any atom is -0.457 e. The molecule has 320 valence electrons. The molecule has 0 bridgehead atoms. The number of hydrogen-bond donors (Lipinski definition) is 0. The lowest BCUT2D eigenvalue weighted by Crippen LogP contribution is -2.38. The van der Waals surface area contributed by atoms with Gasteiger partial charge in [0.05, 0.1) is 33.2 Å². The lowest BCUT2D eigenvalue weighted by atomic mass is 9.60. The normalized spacial score (nSPS) is 14.4. The molecule has 1 aliphatic heterocycles. The standard InChI is InChI=1S/C59H58N4O/c1-55(2,3)35-28-41-42-29-36(56(4,5)6)31-46(58(10,11)12)53(42)59(52(41)45(30-35)57(7,8)9)43-26-24-38(33-50(43)62-34-61-47-20-17-19-44(59)54(47)62)64-37-23-25-40-39-18-13-14-21-48(39)63(49(40)32-37)51-22-15-16-27-60-51/h13-34H,1-12H3. The molecule has 1 aliphatic carbocycles. The van der Waals surface area contributed by atoms with Gasteiger partial charge in [-0.2, -0.15) is 0 Å². The highest BCUT2D eigenvalue weighted by molar-refractivity contribution is 6.09. The molecule has 0 amide bonds. The van der Waals surface area contributed by atoms with Crippen molar-refractivity contribution in [3.63, 3.8) is 0 Å². The monoisotopic (exact) mass is 838 g/mol. The quantitative estimate of drug-likeness (QED) is 0.178. The molecule has 9 aromatic rings. The zero-order valence-corrected chi connectivity index (χ0v) is 39.4. The Labute approximate surface area is 377 Å². The van der Waals surface area contributed by atoms with Crippen LogP contribution < -0.4 is 4.74 Å². The SMILES string of the molecule is CC(C)(C)c1cc2c(c(C(C)(C)C)c1)C1(c3ccc(Oc4ccc5c6ccccc6n(-c6ccccn6)c5c4)cc3-n3cnc4cccc1c43)c1c-2cc(C(C)(C)C)cc1C(C)(C)C. The van der Waals surface area contributed by atoms with Crippen molar-refractivity contribution in [2.45, 2.75) is 110 Å². The summed E-state index contributed by atoms with van der Waals surface area (Å²) in [5, 5.41) is 2.34. The first kappa shape index (κ1) is 40.3. The molecular weight excluding hydrogens is 781 g/mol. The largest absolute Gasteiger partial charge is 0.457 e. The maximum Gasteiger partial charge on any atom is 0.137 e. The number of para-hydroxylation sites is 2. The summed E-state index contributed by atoms with van der Waals surface area (Å²) in [5.41, 5.74) is 17.8. The molecule has 0 saturated heterocycles. The number of pyridine rings is 1. The molecule has 6 aromatic carbocycles. The first-order valence-electron chi connectivity index (χ1n) is 22.9. The van der Waals surface area contributed by atoms with Gasteiger partial charge in [-0.05, 0) is 120 Å². The molecule has 0 atom stereocenters. The minimum absolute atomic E-state index is 0.0518. The van der Waals surface area contributed by atoms with Crippen LogP contribution in [0.2, 0.25) is 0 Å². The number of nitrogens with zero attached hydrogens (tertiary/aromatic N) is 4. The van der Waals surface area contributed by atoms with Gasteiger partial charge in [-0.3, -0.25) is 9.13 Å². The number of ether oxygens (including phenoxy) is 1. The highest BCUT2D eigenvalue weighted by Crippen LogP contribution is 2.65. The first-order chi connectivity index (χ1) is 30.3. The van der Waals surface area contributed by atoms with Crippen LogP contribution in [0.25, 0.3) is 55.5 Å². The van der Waals surface area contributed by atoms with Gasteiger partial charge in [0, 0.05) is 29.1 Å². The molecule has 0 fully saturated rings. The van der Waals surface area contributed by atoms with Gasteiger partial charge in [-0.25, -0.2) is 9.97 Å². The molecule has 0 N–H and O–H groups in total. The summed E-state index contributed by atoms with van der Waals surface area (Å²) in [6.07, 6.45) is 3.86. The Morgan fingerprint density at radius 2 is 1.11 bits per heavy atom. The number of imidazole rings is 1. The predicted octanol–water partition coefficient (Wildman–Crippen LogP) is 15.2. The summed E-state index contributed by atoms with van der Waals surface area (Å²) in [4.78, 5) is 9.88. The summed E-state index contributed by atoms with van der Waals surface area (Å²) in [7, 11) is 0. The van der Waals surface area contributed by atoms with E-state index in [-0.39, 0.29) is 21.7 Å². The van der Waals surface area contributed by atoms with E-state index in [0.717, 1.165) is 50.5 Å². The van der Waals surface area contributed by atoms with E-state index in [1.54, 1.807) is 0 Å². The van der Waals surface area contributed by atoms with E-state index < -0.39 is 5.41 Å². The van der Waals surface area contributed by atoms with E-state index in [9.17, 15) is 0 Å². The average molecular weight is 839 g/mol. The highest BCUT2D eigenvalue weighted by Gasteiger charge is 2.55. The summed E-state index contributed by atoms with van der Waals surface area (Å²) >= 11 is 0. The minimum atomic E-state index is -0.644. The molecule has 4 heterocycles. The van der Waals surface area contributed by atoms with Crippen molar-refractivity contribution in [3.05, 3.63) is 178 Å². The molecule has 0 unspecified atom stereocenters. The second-order valence-corrected chi connectivity index (χ2v) is 22.4. The zero-order chi connectivity index (χ0) is 44.9. The molecule has 5 nitrogen and oxygen atoms in total. The molecule has 0 saturated carbocycles. The summed E-state index contributed by atoms with van der Waals surface area (Å²) in [6, 6.07) is 44.8. The third-order valence-corrected chi connectivity index (χ3v) is 14.0. The van der Waals surface area contributed by atoms with Crippen LogP contribution in [-0.2, 0) is 27.1 Å². The number of rotatable bonds is 3. The van der Waals surface area contributed by atoms with E-state index in [1.807, 2.05) is 24.7 Å². The van der Waals surface area contributed by atoms with Crippen LogP contribution in [-0.4, -0.2) is 19.1 Å². The average Bonchev–Trinajstić information content (AvgIpc) is 3.91. The molecule has 5 heteroatoms. The highest BCUT2D eigenvalue weighted by atomic mass is 16.5. The topological polar surface area (TPSA) is 44.9 Å². The van der Waals surface area contributed by atoms with Gasteiger partial charge in [-0.15, -0.1) is 0 Å². The Kier molecular flexibility index (Phi) is 8.38. The van der Waals surface area contributed by atoms with E-state index in [4.69, 9.17) is 14.7 Å². The second-order valence-electron chi connectivity index (χ2n) is 22.4.